The fourth-order valence-corrected chi connectivity index (χ4v) is 1.30. The van der Waals surface area contributed by atoms with Crippen LogP contribution in [0.15, 0.2) is 24.3 Å². The number of amides is 2. The maximum Gasteiger partial charge on any atom is 0.316 e. The van der Waals surface area contributed by atoms with E-state index in [1.165, 1.54) is 0 Å². The smallest absolute Gasteiger partial charge is 0.316 e. The van der Waals surface area contributed by atoms with Crippen molar-refractivity contribution in [1.29, 1.82) is 0 Å². The van der Waals surface area contributed by atoms with Gasteiger partial charge in [0.2, 0.25) is 0 Å². The molecular weight excluding hydrogens is 178 g/mol. The van der Waals surface area contributed by atoms with Crippen molar-refractivity contribution in [2.75, 3.05) is 11.9 Å². The number of anilines is 1. The second kappa shape index (κ2) is 4.62. The summed E-state index contributed by atoms with van der Waals surface area (Å²) in [5, 5.41) is 2.57. The fraction of sp³-hybridized carbons (Fsp3) is 0.300. The average molecular weight is 193 g/mol. The lowest BCUT2D eigenvalue weighted by Gasteiger charge is -2.14. The maximum absolute atomic E-state index is 10.7. The molecule has 0 radical (unpaired) electrons. The van der Waals surface area contributed by atoms with Crippen molar-refractivity contribution in [1.82, 2.24) is 0 Å². The van der Waals surface area contributed by atoms with Gasteiger partial charge in [0, 0.05) is 5.69 Å². The van der Waals surface area contributed by atoms with E-state index in [0.717, 1.165) is 11.3 Å². The molecule has 4 nitrogen and oxygen atoms in total. The molecule has 0 heterocycles. The van der Waals surface area contributed by atoms with E-state index in [4.69, 9.17) is 11.5 Å². The third-order valence-electron chi connectivity index (χ3n) is 2.10. The Morgan fingerprint density at radius 2 is 2.14 bits per heavy atom. The molecule has 1 unspecified atom stereocenters. The first-order valence-corrected chi connectivity index (χ1v) is 4.50. The average Bonchev–Trinajstić information content (AvgIpc) is 2.16. The largest absolute Gasteiger partial charge is 0.351 e. The number of carbonyl (C=O) groups excluding carboxylic acids is 1. The van der Waals surface area contributed by atoms with Gasteiger partial charge in [0.1, 0.15) is 0 Å². The van der Waals surface area contributed by atoms with Gasteiger partial charge in [0.25, 0.3) is 0 Å². The lowest BCUT2D eigenvalue weighted by Crippen LogP contribution is -2.21. The molecule has 0 bridgehead atoms. The Balaban J connectivity index is 2.96. The van der Waals surface area contributed by atoms with Gasteiger partial charge < -0.3 is 16.8 Å². The van der Waals surface area contributed by atoms with Crippen LogP contribution in [0.1, 0.15) is 18.4 Å². The summed E-state index contributed by atoms with van der Waals surface area (Å²) in [6, 6.07) is 6.95. The molecule has 2 amide bonds. The molecule has 0 aliphatic carbocycles. The summed E-state index contributed by atoms with van der Waals surface area (Å²) in [5.41, 5.74) is 12.4. The second-order valence-electron chi connectivity index (χ2n) is 3.21. The van der Waals surface area contributed by atoms with Crippen LogP contribution in [0.25, 0.3) is 0 Å². The van der Waals surface area contributed by atoms with Crippen molar-refractivity contribution < 1.29 is 4.79 Å². The van der Waals surface area contributed by atoms with Crippen molar-refractivity contribution in [2.45, 2.75) is 12.8 Å². The Hall–Kier alpha value is -1.55. The number of para-hydroxylation sites is 1. The first-order chi connectivity index (χ1) is 6.65. The molecule has 0 saturated heterocycles. The predicted octanol–water partition coefficient (Wildman–Crippen LogP) is 1.24. The second-order valence-corrected chi connectivity index (χ2v) is 3.21. The summed E-state index contributed by atoms with van der Waals surface area (Å²) in [4.78, 5) is 10.7. The van der Waals surface area contributed by atoms with E-state index >= 15 is 0 Å². The highest BCUT2D eigenvalue weighted by atomic mass is 16.2. The van der Waals surface area contributed by atoms with Crippen LogP contribution in [0.2, 0.25) is 0 Å². The van der Waals surface area contributed by atoms with Crippen LogP contribution in [-0.4, -0.2) is 12.6 Å². The molecule has 0 spiro atoms. The molecule has 76 valence electrons. The van der Waals surface area contributed by atoms with E-state index in [-0.39, 0.29) is 5.92 Å². The number of nitrogens with one attached hydrogen (secondary N) is 1. The van der Waals surface area contributed by atoms with Gasteiger partial charge in [0.15, 0.2) is 0 Å². The van der Waals surface area contributed by atoms with E-state index in [1.807, 2.05) is 31.2 Å². The van der Waals surface area contributed by atoms with Gasteiger partial charge in [-0.3, -0.25) is 0 Å². The Morgan fingerprint density at radius 1 is 1.50 bits per heavy atom. The topological polar surface area (TPSA) is 81.1 Å². The van der Waals surface area contributed by atoms with Crippen LogP contribution in [0.5, 0.6) is 0 Å². The van der Waals surface area contributed by atoms with Gasteiger partial charge in [-0.15, -0.1) is 0 Å². The third kappa shape index (κ3) is 2.47. The number of rotatable bonds is 3. The van der Waals surface area contributed by atoms with Crippen LogP contribution in [0.4, 0.5) is 10.5 Å². The Morgan fingerprint density at radius 3 is 2.71 bits per heavy atom. The first kappa shape index (κ1) is 10.5. The quantitative estimate of drug-likeness (QED) is 0.675. The molecule has 1 atom stereocenters. The molecule has 1 aromatic carbocycles. The van der Waals surface area contributed by atoms with Crippen molar-refractivity contribution in [3.05, 3.63) is 29.8 Å². The van der Waals surface area contributed by atoms with Gasteiger partial charge in [-0.25, -0.2) is 4.79 Å². The lowest BCUT2D eigenvalue weighted by molar-refractivity contribution is 0.259. The molecule has 0 saturated carbocycles. The lowest BCUT2D eigenvalue weighted by atomic mass is 9.99. The summed E-state index contributed by atoms with van der Waals surface area (Å²) < 4.78 is 0. The van der Waals surface area contributed by atoms with Gasteiger partial charge >= 0.3 is 6.03 Å². The summed E-state index contributed by atoms with van der Waals surface area (Å²) in [5.74, 6) is 0.207. The molecule has 5 N–H and O–H groups in total. The summed E-state index contributed by atoms with van der Waals surface area (Å²) in [6.45, 7) is 2.54. The zero-order chi connectivity index (χ0) is 10.6. The molecule has 1 rings (SSSR count). The Kier molecular flexibility index (Phi) is 3.48. The van der Waals surface area contributed by atoms with Gasteiger partial charge in [-0.1, -0.05) is 25.1 Å². The molecule has 14 heavy (non-hydrogen) atoms. The number of benzene rings is 1. The van der Waals surface area contributed by atoms with E-state index in [2.05, 4.69) is 5.32 Å². The SMILES string of the molecule is CC(CN)c1ccccc1NC(N)=O. The highest BCUT2D eigenvalue weighted by molar-refractivity contribution is 5.88. The van der Waals surface area contributed by atoms with Crippen LogP contribution in [0.3, 0.4) is 0 Å². The number of nitrogens with two attached hydrogens (primary N) is 2. The van der Waals surface area contributed by atoms with Crippen molar-refractivity contribution in [3.8, 4) is 0 Å². The zero-order valence-corrected chi connectivity index (χ0v) is 8.16. The number of carbonyl (C=O) groups is 1. The first-order valence-electron chi connectivity index (χ1n) is 4.50. The van der Waals surface area contributed by atoms with E-state index in [0.29, 0.717) is 6.54 Å². The number of hydrogen-bond acceptors (Lipinski definition) is 2. The predicted molar refractivity (Wildman–Crippen MR) is 57.1 cm³/mol. The standard InChI is InChI=1S/C10H15N3O/c1-7(6-11)8-4-2-3-5-9(8)13-10(12)14/h2-5,7H,6,11H2,1H3,(H3,12,13,14). The minimum atomic E-state index is -0.554. The Labute approximate surface area is 83.3 Å². The number of primary amides is 1. The van der Waals surface area contributed by atoms with Crippen molar-refractivity contribution in [2.24, 2.45) is 11.5 Å². The molecule has 0 aromatic heterocycles. The molecule has 1 aromatic rings. The zero-order valence-electron chi connectivity index (χ0n) is 8.16. The van der Waals surface area contributed by atoms with Gasteiger partial charge in [-0.05, 0) is 24.1 Å². The Bertz CT molecular complexity index is 325. The minimum Gasteiger partial charge on any atom is -0.351 e. The highest BCUT2D eigenvalue weighted by Crippen LogP contribution is 2.22. The van der Waals surface area contributed by atoms with E-state index in [9.17, 15) is 4.79 Å². The van der Waals surface area contributed by atoms with Gasteiger partial charge in [-0.2, -0.15) is 0 Å². The van der Waals surface area contributed by atoms with E-state index < -0.39 is 6.03 Å². The molecule has 0 fully saturated rings. The van der Waals surface area contributed by atoms with Gasteiger partial charge in [0.05, 0.1) is 0 Å². The summed E-state index contributed by atoms with van der Waals surface area (Å²) in [7, 11) is 0. The molecule has 4 heteroatoms. The summed E-state index contributed by atoms with van der Waals surface area (Å²) >= 11 is 0. The molecule has 0 aliphatic heterocycles. The van der Waals surface area contributed by atoms with Crippen LogP contribution in [0, 0.1) is 0 Å². The monoisotopic (exact) mass is 193 g/mol. The van der Waals surface area contributed by atoms with Crippen LogP contribution >= 0.6 is 0 Å². The maximum atomic E-state index is 10.7. The molecule has 0 aliphatic rings. The third-order valence-corrected chi connectivity index (χ3v) is 2.10. The normalized spacial score (nSPS) is 12.1. The summed E-state index contributed by atoms with van der Waals surface area (Å²) in [6.07, 6.45) is 0. The number of hydrogen-bond donors (Lipinski definition) is 3. The van der Waals surface area contributed by atoms with Crippen LogP contribution < -0.4 is 16.8 Å². The van der Waals surface area contributed by atoms with Crippen molar-refractivity contribution >= 4 is 11.7 Å². The minimum absolute atomic E-state index is 0.207. The number of urea groups is 1. The molecular formula is C10H15N3O. The van der Waals surface area contributed by atoms with Crippen molar-refractivity contribution in [3.63, 3.8) is 0 Å². The van der Waals surface area contributed by atoms with E-state index in [1.54, 1.807) is 0 Å². The fourth-order valence-electron chi connectivity index (χ4n) is 1.30. The van der Waals surface area contributed by atoms with Crippen LogP contribution in [-0.2, 0) is 0 Å². The highest BCUT2D eigenvalue weighted by Gasteiger charge is 2.08.